The Morgan fingerprint density at radius 3 is 2.57 bits per heavy atom. The van der Waals surface area contributed by atoms with Crippen molar-refractivity contribution in [1.29, 1.82) is 0 Å². The van der Waals surface area contributed by atoms with Crippen molar-refractivity contribution < 1.29 is 9.59 Å². The molecule has 1 heterocycles. The van der Waals surface area contributed by atoms with Gasteiger partial charge < -0.3 is 5.32 Å². The molecular weight excluding hydrogens is 290 g/mol. The van der Waals surface area contributed by atoms with Crippen LogP contribution in [0.3, 0.4) is 0 Å². The van der Waals surface area contributed by atoms with Gasteiger partial charge in [-0.3, -0.25) is 14.5 Å². The van der Waals surface area contributed by atoms with Gasteiger partial charge in [0.05, 0.1) is 11.4 Å². The van der Waals surface area contributed by atoms with Gasteiger partial charge in [-0.05, 0) is 42.8 Å². The number of fused-ring (bicyclic) bond motifs is 1. The molecule has 0 saturated carbocycles. The fourth-order valence-corrected chi connectivity index (χ4v) is 2.68. The first-order chi connectivity index (χ1) is 11.0. The molecule has 0 aromatic heterocycles. The van der Waals surface area contributed by atoms with Crippen LogP contribution in [0.5, 0.6) is 0 Å². The van der Waals surface area contributed by atoms with Crippen LogP contribution in [0.4, 0.5) is 11.4 Å². The van der Waals surface area contributed by atoms with E-state index >= 15 is 0 Å². The average Bonchev–Trinajstić information content (AvgIpc) is 2.51. The second-order valence-electron chi connectivity index (χ2n) is 5.82. The van der Waals surface area contributed by atoms with Crippen molar-refractivity contribution in [3.05, 3.63) is 59.2 Å². The van der Waals surface area contributed by atoms with Gasteiger partial charge in [-0.25, -0.2) is 5.32 Å². The topological polar surface area (TPSA) is 63.5 Å². The monoisotopic (exact) mass is 308 g/mol. The molecule has 0 atom stereocenters. The zero-order valence-corrected chi connectivity index (χ0v) is 13.2. The molecule has 1 N–H and O–H groups in total. The summed E-state index contributed by atoms with van der Waals surface area (Å²) in [6.07, 6.45) is 0. The zero-order valence-electron chi connectivity index (χ0n) is 13.2. The number of carbonyl (C=O) groups excluding carboxylic acids is 2. The predicted octanol–water partition coefficient (Wildman–Crippen LogP) is 2.34. The second-order valence-corrected chi connectivity index (χ2v) is 5.82. The van der Waals surface area contributed by atoms with Gasteiger partial charge >= 0.3 is 11.8 Å². The van der Waals surface area contributed by atoms with Crippen LogP contribution in [0, 0.1) is 6.92 Å². The number of amides is 2. The van der Waals surface area contributed by atoms with Crippen molar-refractivity contribution in [2.24, 2.45) is 0 Å². The Hall–Kier alpha value is -2.66. The third-order valence-electron chi connectivity index (χ3n) is 3.85. The molecule has 0 unspecified atom stereocenters. The molecule has 2 aromatic rings. The molecule has 5 heteroatoms. The summed E-state index contributed by atoms with van der Waals surface area (Å²) in [5.41, 5.74) is 4.53. The minimum atomic E-state index is -0.745. The van der Waals surface area contributed by atoms with E-state index in [1.807, 2.05) is 37.3 Å². The van der Waals surface area contributed by atoms with Crippen LogP contribution in [0.1, 0.15) is 16.7 Å². The van der Waals surface area contributed by atoms with E-state index in [-0.39, 0.29) is 0 Å². The van der Waals surface area contributed by atoms with Crippen molar-refractivity contribution in [3.8, 4) is 0 Å². The third kappa shape index (κ3) is 3.40. The van der Waals surface area contributed by atoms with Crippen LogP contribution >= 0.6 is 0 Å². The quantitative estimate of drug-likeness (QED) is 0.882. The van der Waals surface area contributed by atoms with Gasteiger partial charge in [0.1, 0.15) is 0 Å². The third-order valence-corrected chi connectivity index (χ3v) is 3.85. The van der Waals surface area contributed by atoms with Gasteiger partial charge in [-0.1, -0.05) is 30.3 Å². The van der Waals surface area contributed by atoms with E-state index in [1.54, 1.807) is 0 Å². The van der Waals surface area contributed by atoms with Crippen molar-refractivity contribution in [3.63, 3.8) is 0 Å². The molecule has 1 radical (unpaired) electrons. The summed E-state index contributed by atoms with van der Waals surface area (Å²) in [5.74, 6) is -1.42. The molecule has 0 aliphatic carbocycles. The molecule has 1 aliphatic rings. The molecule has 23 heavy (non-hydrogen) atoms. The Morgan fingerprint density at radius 1 is 1.09 bits per heavy atom. The van der Waals surface area contributed by atoms with Crippen molar-refractivity contribution in [2.75, 3.05) is 12.4 Å². The van der Waals surface area contributed by atoms with E-state index < -0.39 is 11.8 Å². The van der Waals surface area contributed by atoms with Gasteiger partial charge in [-0.15, -0.1) is 0 Å². The lowest BCUT2D eigenvalue weighted by atomic mass is 10.0. The van der Waals surface area contributed by atoms with Crippen LogP contribution in [0.25, 0.3) is 0 Å². The first-order valence-corrected chi connectivity index (χ1v) is 7.46. The highest BCUT2D eigenvalue weighted by molar-refractivity contribution is 6.42. The lowest BCUT2D eigenvalue weighted by molar-refractivity contribution is -0.135. The summed E-state index contributed by atoms with van der Waals surface area (Å²) in [5, 5.41) is 6.41. The number of hydrogen-bond acceptors (Lipinski definition) is 3. The Morgan fingerprint density at radius 2 is 1.83 bits per heavy atom. The van der Waals surface area contributed by atoms with Gasteiger partial charge in [-0.2, -0.15) is 0 Å². The maximum absolute atomic E-state index is 11.5. The van der Waals surface area contributed by atoms with E-state index in [4.69, 9.17) is 0 Å². The normalized spacial score (nSPS) is 13.5. The standard InChI is InChI=1S/C18H18N3O2/c1-12-8-15-16(20-18(23)17(22)19-15)9-14(12)11-21(2)10-13-6-4-3-5-7-13/h3-9H,10-11H2,1-2H3,(H,20,23). The predicted molar refractivity (Wildman–Crippen MR) is 88.2 cm³/mol. The molecular formula is C18H18N3O2. The fraction of sp³-hybridized carbons (Fsp3) is 0.222. The molecule has 2 aromatic carbocycles. The van der Waals surface area contributed by atoms with Gasteiger partial charge in [0.25, 0.3) is 0 Å². The molecule has 0 fully saturated rings. The van der Waals surface area contributed by atoms with Crippen LogP contribution in [-0.4, -0.2) is 23.8 Å². The SMILES string of the molecule is Cc1cc2c(cc1CN(C)Cc1ccccc1)NC(=O)C(=O)[N]2. The fourth-order valence-electron chi connectivity index (χ4n) is 2.68. The molecule has 2 amide bonds. The minimum absolute atomic E-state index is 0.529. The summed E-state index contributed by atoms with van der Waals surface area (Å²) in [4.78, 5) is 25.0. The molecule has 5 nitrogen and oxygen atoms in total. The van der Waals surface area contributed by atoms with E-state index in [0.29, 0.717) is 11.4 Å². The first kappa shape index (κ1) is 15.2. The summed E-state index contributed by atoms with van der Waals surface area (Å²) >= 11 is 0. The van der Waals surface area contributed by atoms with Crippen LogP contribution < -0.4 is 10.6 Å². The number of rotatable bonds is 4. The number of aryl methyl sites for hydroxylation is 1. The van der Waals surface area contributed by atoms with Gasteiger partial charge in [0.2, 0.25) is 0 Å². The molecule has 0 spiro atoms. The van der Waals surface area contributed by atoms with E-state index in [1.165, 1.54) is 5.56 Å². The average molecular weight is 308 g/mol. The van der Waals surface area contributed by atoms with E-state index in [0.717, 1.165) is 24.2 Å². The lowest BCUT2D eigenvalue weighted by Crippen LogP contribution is -2.33. The molecule has 3 rings (SSSR count). The molecule has 0 bridgehead atoms. The zero-order chi connectivity index (χ0) is 16.4. The number of nitrogens with zero attached hydrogens (tertiary/aromatic N) is 2. The van der Waals surface area contributed by atoms with E-state index in [2.05, 4.69) is 34.7 Å². The first-order valence-electron chi connectivity index (χ1n) is 7.46. The van der Waals surface area contributed by atoms with Gasteiger partial charge in [0, 0.05) is 13.1 Å². The Labute approximate surface area is 135 Å². The summed E-state index contributed by atoms with van der Waals surface area (Å²) < 4.78 is 0. The number of hydrogen-bond donors (Lipinski definition) is 1. The number of carbonyl (C=O) groups is 2. The second kappa shape index (κ2) is 6.22. The van der Waals surface area contributed by atoms with Gasteiger partial charge in [0.15, 0.2) is 0 Å². The minimum Gasteiger partial charge on any atom is -0.316 e. The Bertz CT molecular complexity index is 756. The number of benzene rings is 2. The highest BCUT2D eigenvalue weighted by Gasteiger charge is 2.25. The maximum atomic E-state index is 11.5. The smallest absolute Gasteiger partial charge is 0.316 e. The number of nitrogens with one attached hydrogen (secondary N) is 1. The molecule has 0 saturated heterocycles. The largest absolute Gasteiger partial charge is 0.335 e. The Balaban J connectivity index is 1.77. The van der Waals surface area contributed by atoms with Crippen molar-refractivity contribution in [2.45, 2.75) is 20.0 Å². The van der Waals surface area contributed by atoms with E-state index in [9.17, 15) is 9.59 Å². The van der Waals surface area contributed by atoms with Crippen LogP contribution in [-0.2, 0) is 22.7 Å². The molecule has 1 aliphatic heterocycles. The van der Waals surface area contributed by atoms with Crippen molar-refractivity contribution >= 4 is 23.2 Å². The summed E-state index contributed by atoms with van der Waals surface area (Å²) in [6, 6.07) is 14.0. The lowest BCUT2D eigenvalue weighted by Gasteiger charge is -2.21. The highest BCUT2D eigenvalue weighted by Crippen LogP contribution is 2.29. The van der Waals surface area contributed by atoms with Crippen LogP contribution in [0.15, 0.2) is 42.5 Å². The van der Waals surface area contributed by atoms with Crippen LogP contribution in [0.2, 0.25) is 0 Å². The maximum Gasteiger partial charge on any atom is 0.335 e. The summed E-state index contributed by atoms with van der Waals surface area (Å²) in [6.45, 7) is 3.58. The molecule has 117 valence electrons. The number of anilines is 1. The Kier molecular flexibility index (Phi) is 4.12. The highest BCUT2D eigenvalue weighted by atomic mass is 16.2. The summed E-state index contributed by atoms with van der Waals surface area (Å²) in [7, 11) is 2.05. The van der Waals surface area contributed by atoms with Crippen molar-refractivity contribution in [1.82, 2.24) is 10.2 Å².